The van der Waals surface area contributed by atoms with Gasteiger partial charge in [0.2, 0.25) is 5.95 Å². The third-order valence-electron chi connectivity index (χ3n) is 7.23. The van der Waals surface area contributed by atoms with Crippen molar-refractivity contribution >= 4 is 43.2 Å². The molecular formula is C26H36N6O5S2. The largest absolute Gasteiger partial charge is 0.388 e. The van der Waals surface area contributed by atoms with Gasteiger partial charge in [-0.3, -0.25) is 4.98 Å². The van der Waals surface area contributed by atoms with Crippen LogP contribution in [0, 0.1) is 12.8 Å². The van der Waals surface area contributed by atoms with E-state index in [2.05, 4.69) is 20.6 Å². The molecule has 4 N–H and O–H groups in total. The lowest BCUT2D eigenvalue weighted by Gasteiger charge is -2.31. The van der Waals surface area contributed by atoms with Crippen molar-refractivity contribution in [1.29, 1.82) is 0 Å². The highest BCUT2D eigenvalue weighted by Gasteiger charge is 2.48. The van der Waals surface area contributed by atoms with Crippen LogP contribution in [0.15, 0.2) is 12.3 Å². The van der Waals surface area contributed by atoms with Gasteiger partial charge in [0.15, 0.2) is 5.72 Å². The average Bonchev–Trinajstić information content (AvgIpc) is 3.56. The number of nitrogens with one attached hydrogen (secondary N) is 2. The van der Waals surface area contributed by atoms with Crippen LogP contribution in [0.1, 0.15) is 56.8 Å². The molecule has 0 aromatic carbocycles. The van der Waals surface area contributed by atoms with Gasteiger partial charge in [0, 0.05) is 36.9 Å². The van der Waals surface area contributed by atoms with Crippen LogP contribution < -0.4 is 10.6 Å². The minimum absolute atomic E-state index is 0.0722. The van der Waals surface area contributed by atoms with Crippen molar-refractivity contribution < 1.29 is 23.4 Å². The van der Waals surface area contributed by atoms with Gasteiger partial charge < -0.3 is 25.6 Å². The number of aliphatic hydroxyl groups is 2. The number of pyridine rings is 1. The zero-order valence-electron chi connectivity index (χ0n) is 22.6. The van der Waals surface area contributed by atoms with Crippen LogP contribution in [-0.2, 0) is 14.6 Å². The van der Waals surface area contributed by atoms with Crippen LogP contribution in [0.4, 0.5) is 11.8 Å². The first kappa shape index (κ1) is 28.1. The van der Waals surface area contributed by atoms with Crippen LogP contribution in [-0.4, -0.2) is 81.7 Å². The lowest BCUT2D eigenvalue weighted by atomic mass is 10.0. The molecule has 0 amide bonds. The quantitative estimate of drug-likeness (QED) is 0.248. The van der Waals surface area contributed by atoms with Crippen molar-refractivity contribution in [3.05, 3.63) is 23.7 Å². The second-order valence-corrected chi connectivity index (χ2v) is 14.0. The average molecular weight is 577 g/mol. The molecule has 0 spiro atoms. The standard InChI is InChI=1S/C26H36N6O5S2/c1-5-37-12-14(2)28-25-29-15(3)19(24-30-21-18(38-24)9-11-27-20(21)16-6-7-16)23(31-25)32-26(34)10-8-17(22(26)33)13-39(4,35)36/h9,11,14,16-17,22,33-34H,5-8,10,12-13H2,1-4H3,(H2,28,29,31,32). The van der Waals surface area contributed by atoms with E-state index in [0.29, 0.717) is 53.6 Å². The number of anilines is 2. The molecular weight excluding hydrogens is 540 g/mol. The molecule has 2 saturated carbocycles. The van der Waals surface area contributed by atoms with Crippen LogP contribution in [0.3, 0.4) is 0 Å². The maximum absolute atomic E-state index is 11.9. The highest BCUT2D eigenvalue weighted by molar-refractivity contribution is 7.90. The Balaban J connectivity index is 1.54. The highest BCUT2D eigenvalue weighted by atomic mass is 32.2. The Kier molecular flexibility index (Phi) is 7.81. The molecule has 39 heavy (non-hydrogen) atoms. The number of aliphatic hydroxyl groups excluding tert-OH is 1. The van der Waals surface area contributed by atoms with Gasteiger partial charge in [0.05, 0.1) is 34.0 Å². The normalized spacial score (nSPS) is 24.3. The van der Waals surface area contributed by atoms with E-state index in [4.69, 9.17) is 14.7 Å². The molecule has 4 atom stereocenters. The Bertz CT molecular complexity index is 1460. The molecule has 3 heterocycles. The van der Waals surface area contributed by atoms with Gasteiger partial charge in [-0.25, -0.2) is 18.4 Å². The number of thiazole rings is 1. The maximum atomic E-state index is 11.9. The van der Waals surface area contributed by atoms with Gasteiger partial charge in [0.1, 0.15) is 32.3 Å². The molecule has 0 bridgehead atoms. The third-order valence-corrected chi connectivity index (χ3v) is 9.31. The van der Waals surface area contributed by atoms with Gasteiger partial charge in [-0.05, 0) is 52.5 Å². The predicted molar refractivity (Wildman–Crippen MR) is 152 cm³/mol. The Hall–Kier alpha value is -2.45. The summed E-state index contributed by atoms with van der Waals surface area (Å²) in [6.45, 7) is 6.80. The Morgan fingerprint density at radius 2 is 2.03 bits per heavy atom. The summed E-state index contributed by atoms with van der Waals surface area (Å²) in [4.78, 5) is 18.9. The first-order valence-electron chi connectivity index (χ1n) is 13.3. The second-order valence-electron chi connectivity index (χ2n) is 10.8. The summed E-state index contributed by atoms with van der Waals surface area (Å²) < 4.78 is 30.3. The molecule has 4 unspecified atom stereocenters. The second kappa shape index (κ2) is 10.8. The lowest BCUT2D eigenvalue weighted by molar-refractivity contribution is -0.0442. The molecule has 0 saturated heterocycles. The smallest absolute Gasteiger partial charge is 0.225 e. The number of aryl methyl sites for hydroxylation is 1. The van der Waals surface area contributed by atoms with Gasteiger partial charge in [-0.2, -0.15) is 4.98 Å². The van der Waals surface area contributed by atoms with E-state index in [-0.39, 0.29) is 18.2 Å². The summed E-state index contributed by atoms with van der Waals surface area (Å²) in [5.41, 5.74) is 1.36. The number of ether oxygens (including phenoxy) is 1. The van der Waals surface area contributed by atoms with E-state index in [9.17, 15) is 18.6 Å². The number of sulfone groups is 1. The van der Waals surface area contributed by atoms with Crippen LogP contribution in [0.2, 0.25) is 0 Å². The third kappa shape index (κ3) is 6.17. The van der Waals surface area contributed by atoms with Gasteiger partial charge in [0.25, 0.3) is 0 Å². The highest BCUT2D eigenvalue weighted by Crippen LogP contribution is 2.45. The van der Waals surface area contributed by atoms with Crippen LogP contribution in [0.25, 0.3) is 20.8 Å². The fraction of sp³-hybridized carbons (Fsp3) is 0.615. The minimum Gasteiger partial charge on any atom is -0.388 e. The number of aromatic nitrogens is 4. The molecule has 2 aliphatic rings. The van der Waals surface area contributed by atoms with Crippen molar-refractivity contribution in [3.8, 4) is 10.6 Å². The first-order chi connectivity index (χ1) is 18.5. The minimum atomic E-state index is -3.33. The van der Waals surface area contributed by atoms with Crippen molar-refractivity contribution in [2.24, 2.45) is 5.92 Å². The molecule has 3 aromatic rings. The van der Waals surface area contributed by atoms with Crippen molar-refractivity contribution in [1.82, 2.24) is 19.9 Å². The molecule has 0 radical (unpaired) electrons. The summed E-state index contributed by atoms with van der Waals surface area (Å²) in [5.74, 6) is 0.288. The van der Waals surface area contributed by atoms with E-state index in [1.807, 2.05) is 33.0 Å². The Morgan fingerprint density at radius 3 is 2.72 bits per heavy atom. The van der Waals surface area contributed by atoms with Gasteiger partial charge >= 0.3 is 0 Å². The summed E-state index contributed by atoms with van der Waals surface area (Å²) in [5, 5.41) is 29.5. The van der Waals surface area contributed by atoms with Crippen molar-refractivity contribution in [2.75, 3.05) is 35.9 Å². The fourth-order valence-electron chi connectivity index (χ4n) is 5.18. The number of hydrogen-bond donors (Lipinski definition) is 4. The van der Waals surface area contributed by atoms with Crippen molar-refractivity contribution in [2.45, 2.75) is 70.2 Å². The molecule has 0 aliphatic heterocycles. The maximum Gasteiger partial charge on any atom is 0.225 e. The van der Waals surface area contributed by atoms with Gasteiger partial charge in [-0.15, -0.1) is 11.3 Å². The molecule has 212 valence electrons. The monoisotopic (exact) mass is 576 g/mol. The summed E-state index contributed by atoms with van der Waals surface area (Å²) in [6.07, 6.45) is 4.37. The zero-order valence-corrected chi connectivity index (χ0v) is 24.3. The molecule has 2 fully saturated rings. The van der Waals surface area contributed by atoms with Crippen molar-refractivity contribution in [3.63, 3.8) is 0 Å². The molecule has 11 nitrogen and oxygen atoms in total. The van der Waals surface area contributed by atoms with Crippen LogP contribution in [0.5, 0.6) is 0 Å². The molecule has 3 aromatic heterocycles. The molecule has 5 rings (SSSR count). The van der Waals surface area contributed by atoms with E-state index in [1.165, 1.54) is 11.3 Å². The topological polar surface area (TPSA) is 159 Å². The van der Waals surface area contributed by atoms with Gasteiger partial charge in [-0.1, -0.05) is 0 Å². The predicted octanol–water partition coefficient (Wildman–Crippen LogP) is 3.09. The number of nitrogens with zero attached hydrogens (tertiary/aromatic N) is 4. The lowest BCUT2D eigenvalue weighted by Crippen LogP contribution is -2.48. The summed E-state index contributed by atoms with van der Waals surface area (Å²) in [7, 11) is -3.33. The number of hydrogen-bond acceptors (Lipinski definition) is 12. The van der Waals surface area contributed by atoms with E-state index < -0.39 is 27.6 Å². The molecule has 13 heteroatoms. The molecule has 2 aliphatic carbocycles. The fourth-order valence-corrected chi connectivity index (χ4v) is 7.38. The van der Waals surface area contributed by atoms with E-state index in [0.717, 1.165) is 35.0 Å². The Labute approximate surface area is 232 Å². The summed E-state index contributed by atoms with van der Waals surface area (Å²) in [6, 6.07) is 1.87. The number of fused-ring (bicyclic) bond motifs is 1. The van der Waals surface area contributed by atoms with E-state index in [1.54, 1.807) is 0 Å². The van der Waals surface area contributed by atoms with E-state index >= 15 is 0 Å². The summed E-state index contributed by atoms with van der Waals surface area (Å²) >= 11 is 1.50. The first-order valence-corrected chi connectivity index (χ1v) is 16.2. The zero-order chi connectivity index (χ0) is 27.9. The Morgan fingerprint density at radius 1 is 1.26 bits per heavy atom. The van der Waals surface area contributed by atoms with Crippen LogP contribution >= 0.6 is 11.3 Å². The number of rotatable bonds is 11. The SMILES string of the molecule is CCOCC(C)Nc1nc(C)c(-c2nc3c(C4CC4)nccc3s2)c(NC2(O)CCC(CS(C)(=O)=O)C2O)n1.